The number of rotatable bonds is 5. The van der Waals surface area contributed by atoms with Gasteiger partial charge in [0.25, 0.3) is 0 Å². The molecule has 0 N–H and O–H groups in total. The molecule has 0 saturated heterocycles. The average Bonchev–Trinajstić information content (AvgIpc) is 2.27. The molecule has 0 radical (unpaired) electrons. The van der Waals surface area contributed by atoms with E-state index >= 15 is 0 Å². The van der Waals surface area contributed by atoms with E-state index in [1.54, 1.807) is 13.8 Å². The Kier molecular flexibility index (Phi) is 4.27. The van der Waals surface area contributed by atoms with E-state index in [4.69, 9.17) is 4.74 Å². The molecule has 0 saturated carbocycles. The van der Waals surface area contributed by atoms with Crippen LogP contribution in [0, 0.1) is 5.82 Å². The SMILES string of the molecule is COC(C)(C)CCS(=O)(=O)c1ccccc1F. The summed E-state index contributed by atoms with van der Waals surface area (Å²) in [6, 6.07) is 5.41. The van der Waals surface area contributed by atoms with Gasteiger partial charge < -0.3 is 4.74 Å². The fourth-order valence-electron chi connectivity index (χ4n) is 1.29. The second kappa shape index (κ2) is 5.14. The Labute approximate surface area is 102 Å². The van der Waals surface area contributed by atoms with Crippen LogP contribution in [-0.2, 0) is 14.6 Å². The zero-order chi connectivity index (χ0) is 13.1. The van der Waals surface area contributed by atoms with Crippen LogP contribution >= 0.6 is 0 Å². The van der Waals surface area contributed by atoms with Gasteiger partial charge in [-0.2, -0.15) is 0 Å². The van der Waals surface area contributed by atoms with Crippen LogP contribution in [0.3, 0.4) is 0 Å². The molecule has 3 nitrogen and oxygen atoms in total. The van der Waals surface area contributed by atoms with E-state index < -0.39 is 21.3 Å². The van der Waals surface area contributed by atoms with E-state index in [9.17, 15) is 12.8 Å². The highest BCUT2D eigenvalue weighted by Gasteiger charge is 2.24. The Morgan fingerprint density at radius 3 is 2.41 bits per heavy atom. The Bertz CT molecular complexity index is 480. The summed E-state index contributed by atoms with van der Waals surface area (Å²) in [5, 5.41) is 0. The first kappa shape index (κ1) is 14.1. The van der Waals surface area contributed by atoms with Crippen molar-refractivity contribution in [2.45, 2.75) is 30.8 Å². The molecule has 0 fully saturated rings. The smallest absolute Gasteiger partial charge is 0.181 e. The molecule has 0 aromatic heterocycles. The van der Waals surface area contributed by atoms with E-state index in [1.807, 2.05) is 0 Å². The second-order valence-corrected chi connectivity index (χ2v) is 6.54. The van der Waals surface area contributed by atoms with Crippen LogP contribution in [0.5, 0.6) is 0 Å². The van der Waals surface area contributed by atoms with E-state index in [0.717, 1.165) is 6.07 Å². The van der Waals surface area contributed by atoms with Gasteiger partial charge in [-0.1, -0.05) is 12.1 Å². The quantitative estimate of drug-likeness (QED) is 0.816. The summed E-state index contributed by atoms with van der Waals surface area (Å²) in [6.07, 6.45) is 0.320. The first-order chi connectivity index (χ1) is 7.78. The number of hydrogen-bond acceptors (Lipinski definition) is 3. The maximum absolute atomic E-state index is 13.4. The van der Waals surface area contributed by atoms with Gasteiger partial charge in [-0.3, -0.25) is 0 Å². The molecule has 5 heteroatoms. The van der Waals surface area contributed by atoms with Crippen LogP contribution < -0.4 is 0 Å². The number of methoxy groups -OCH3 is 1. The van der Waals surface area contributed by atoms with Gasteiger partial charge in [0.05, 0.1) is 11.4 Å². The summed E-state index contributed by atoms with van der Waals surface area (Å²) in [5.74, 6) is -0.836. The molecule has 1 rings (SSSR count). The minimum absolute atomic E-state index is 0.130. The molecular weight excluding hydrogens is 243 g/mol. The minimum Gasteiger partial charge on any atom is -0.379 e. The highest BCUT2D eigenvalue weighted by molar-refractivity contribution is 7.91. The molecule has 0 atom stereocenters. The third-order valence-electron chi connectivity index (χ3n) is 2.70. The molecule has 0 amide bonds. The first-order valence-electron chi connectivity index (χ1n) is 5.31. The van der Waals surface area contributed by atoms with E-state index in [1.165, 1.54) is 25.3 Å². The lowest BCUT2D eigenvalue weighted by Gasteiger charge is -2.22. The molecule has 0 unspecified atom stereocenters. The van der Waals surface area contributed by atoms with Crippen LogP contribution in [-0.4, -0.2) is 26.9 Å². The predicted molar refractivity (Wildman–Crippen MR) is 64.2 cm³/mol. The number of sulfone groups is 1. The van der Waals surface area contributed by atoms with Crippen molar-refractivity contribution in [2.75, 3.05) is 12.9 Å². The monoisotopic (exact) mass is 260 g/mol. The highest BCUT2D eigenvalue weighted by Crippen LogP contribution is 2.20. The summed E-state index contributed by atoms with van der Waals surface area (Å²) in [5.41, 5.74) is -0.529. The molecular formula is C12H17FO3S. The predicted octanol–water partition coefficient (Wildman–Crippen LogP) is 2.41. The third-order valence-corrected chi connectivity index (χ3v) is 4.44. The molecule has 0 aliphatic rings. The molecule has 0 bridgehead atoms. The Morgan fingerprint density at radius 1 is 1.29 bits per heavy atom. The van der Waals surface area contributed by atoms with E-state index in [-0.39, 0.29) is 10.6 Å². The Balaban J connectivity index is 2.88. The maximum Gasteiger partial charge on any atom is 0.181 e. The van der Waals surface area contributed by atoms with Gasteiger partial charge >= 0.3 is 0 Å². The van der Waals surface area contributed by atoms with Crippen molar-refractivity contribution in [2.24, 2.45) is 0 Å². The molecule has 0 spiro atoms. The molecule has 0 heterocycles. The summed E-state index contributed by atoms with van der Waals surface area (Å²) in [4.78, 5) is -0.244. The Hall–Kier alpha value is -0.940. The zero-order valence-corrected chi connectivity index (χ0v) is 11.1. The molecule has 1 aromatic rings. The third kappa shape index (κ3) is 3.78. The van der Waals surface area contributed by atoms with Gasteiger partial charge in [-0.05, 0) is 32.4 Å². The molecule has 0 aliphatic heterocycles. The van der Waals surface area contributed by atoms with Crippen molar-refractivity contribution in [3.8, 4) is 0 Å². The standard InChI is InChI=1S/C12H17FO3S/c1-12(2,16-3)8-9-17(14,15)11-7-5-4-6-10(11)13/h4-7H,8-9H2,1-3H3. The van der Waals surface area contributed by atoms with Crippen LogP contribution in [0.2, 0.25) is 0 Å². The summed E-state index contributed by atoms with van der Waals surface area (Å²) < 4.78 is 42.4. The topological polar surface area (TPSA) is 43.4 Å². The lowest BCUT2D eigenvalue weighted by atomic mass is 10.1. The molecule has 17 heavy (non-hydrogen) atoms. The maximum atomic E-state index is 13.4. The van der Waals surface area contributed by atoms with Gasteiger partial charge in [0.1, 0.15) is 10.7 Å². The van der Waals surface area contributed by atoms with Crippen LogP contribution in [0.4, 0.5) is 4.39 Å². The lowest BCUT2D eigenvalue weighted by molar-refractivity contribution is 0.0203. The lowest BCUT2D eigenvalue weighted by Crippen LogP contribution is -2.26. The van der Waals surface area contributed by atoms with Gasteiger partial charge in [-0.25, -0.2) is 12.8 Å². The van der Waals surface area contributed by atoms with Crippen molar-refractivity contribution in [1.82, 2.24) is 0 Å². The molecule has 1 aromatic carbocycles. The van der Waals surface area contributed by atoms with Gasteiger partial charge in [-0.15, -0.1) is 0 Å². The van der Waals surface area contributed by atoms with E-state index in [2.05, 4.69) is 0 Å². The summed E-state index contributed by atoms with van der Waals surface area (Å²) in [6.45, 7) is 3.59. The Morgan fingerprint density at radius 2 is 1.88 bits per heavy atom. The van der Waals surface area contributed by atoms with Crippen molar-refractivity contribution in [3.63, 3.8) is 0 Å². The number of ether oxygens (including phenoxy) is 1. The summed E-state index contributed by atoms with van der Waals surface area (Å²) in [7, 11) is -2.07. The number of halogens is 1. The van der Waals surface area contributed by atoms with Gasteiger partial charge in [0.2, 0.25) is 0 Å². The highest BCUT2D eigenvalue weighted by atomic mass is 32.2. The molecule has 96 valence electrons. The largest absolute Gasteiger partial charge is 0.379 e. The van der Waals surface area contributed by atoms with Crippen molar-refractivity contribution < 1.29 is 17.5 Å². The second-order valence-electron chi connectivity index (χ2n) is 4.46. The normalized spacial score (nSPS) is 12.7. The number of benzene rings is 1. The van der Waals surface area contributed by atoms with Gasteiger partial charge in [0, 0.05) is 7.11 Å². The van der Waals surface area contributed by atoms with E-state index in [0.29, 0.717) is 6.42 Å². The van der Waals surface area contributed by atoms with Crippen molar-refractivity contribution in [1.29, 1.82) is 0 Å². The fourth-order valence-corrected chi connectivity index (χ4v) is 2.92. The first-order valence-corrected chi connectivity index (χ1v) is 6.96. The van der Waals surface area contributed by atoms with Crippen LogP contribution in [0.1, 0.15) is 20.3 Å². The van der Waals surface area contributed by atoms with Crippen molar-refractivity contribution >= 4 is 9.84 Å². The fraction of sp³-hybridized carbons (Fsp3) is 0.500. The van der Waals surface area contributed by atoms with Gasteiger partial charge in [0.15, 0.2) is 9.84 Å². The number of hydrogen-bond donors (Lipinski definition) is 0. The van der Waals surface area contributed by atoms with Crippen LogP contribution in [0.25, 0.3) is 0 Å². The molecule has 0 aliphatic carbocycles. The summed E-state index contributed by atoms with van der Waals surface area (Å²) >= 11 is 0. The average molecular weight is 260 g/mol. The minimum atomic E-state index is -3.59. The van der Waals surface area contributed by atoms with Crippen LogP contribution in [0.15, 0.2) is 29.2 Å². The van der Waals surface area contributed by atoms with Crippen molar-refractivity contribution in [3.05, 3.63) is 30.1 Å². The zero-order valence-electron chi connectivity index (χ0n) is 10.2.